The number of carbonyl (C=O) groups excluding carboxylic acids is 1. The summed E-state index contributed by atoms with van der Waals surface area (Å²) in [6.45, 7) is 9.85. The Morgan fingerprint density at radius 3 is 2.13 bits per heavy atom. The number of amides is 1. The molecule has 1 atom stereocenters. The molecule has 0 saturated carbocycles. The highest BCUT2D eigenvalue weighted by Crippen LogP contribution is 2.14. The van der Waals surface area contributed by atoms with Gasteiger partial charge < -0.3 is 20.0 Å². The van der Waals surface area contributed by atoms with Crippen LogP contribution in [0.15, 0.2) is 4.99 Å². The Bertz CT molecular complexity index is 502. The second kappa shape index (κ2) is 15.2. The Balaban J connectivity index is 0.00000450. The maximum Gasteiger partial charge on any atom is 0.239 e. The number of carbonyl (C=O) groups is 1. The van der Waals surface area contributed by atoms with Gasteiger partial charge in [0.1, 0.15) is 0 Å². The first kappa shape index (κ1) is 27.4. The normalized spacial score (nSPS) is 19.2. The minimum atomic E-state index is -0.00211. The lowest BCUT2D eigenvalue weighted by atomic mass is 10.1. The van der Waals surface area contributed by atoms with Crippen molar-refractivity contribution in [1.82, 2.24) is 24.9 Å². The number of unbranched alkanes of at least 4 members (excludes halogenated alkanes) is 4. The average molecular weight is 537 g/mol. The van der Waals surface area contributed by atoms with Crippen molar-refractivity contribution < 1.29 is 4.79 Å². The molecule has 1 unspecified atom stereocenters. The fraction of sp³-hybridized carbons (Fsp3) is 0.909. The van der Waals surface area contributed by atoms with Gasteiger partial charge in [-0.2, -0.15) is 0 Å². The van der Waals surface area contributed by atoms with Gasteiger partial charge in [0.15, 0.2) is 5.96 Å². The number of piperazine rings is 1. The number of hydrogen-bond acceptors (Lipinski definition) is 4. The number of halogens is 1. The lowest BCUT2D eigenvalue weighted by Gasteiger charge is -2.39. The van der Waals surface area contributed by atoms with Gasteiger partial charge in [0.2, 0.25) is 5.91 Å². The number of aliphatic imine (C=N–C) groups is 1. The molecule has 8 heteroatoms. The fourth-order valence-electron chi connectivity index (χ4n) is 4.29. The van der Waals surface area contributed by atoms with Crippen LogP contribution in [0.2, 0.25) is 0 Å². The zero-order valence-corrected chi connectivity index (χ0v) is 22.1. The summed E-state index contributed by atoms with van der Waals surface area (Å²) in [6.07, 6.45) is 8.72. The summed E-state index contributed by atoms with van der Waals surface area (Å²) < 4.78 is 0. The molecule has 0 aromatic carbocycles. The zero-order valence-electron chi connectivity index (χ0n) is 19.7. The van der Waals surface area contributed by atoms with E-state index >= 15 is 0 Å². The van der Waals surface area contributed by atoms with Gasteiger partial charge >= 0.3 is 0 Å². The summed E-state index contributed by atoms with van der Waals surface area (Å²) in [7, 11) is 6.15. The molecule has 0 aromatic rings. The van der Waals surface area contributed by atoms with Crippen LogP contribution in [0.1, 0.15) is 51.9 Å². The molecule has 0 aliphatic carbocycles. The predicted molar refractivity (Wildman–Crippen MR) is 137 cm³/mol. The molecule has 1 N–H and O–H groups in total. The van der Waals surface area contributed by atoms with Crippen molar-refractivity contribution in [1.29, 1.82) is 0 Å². The van der Waals surface area contributed by atoms with Gasteiger partial charge in [0.25, 0.3) is 0 Å². The van der Waals surface area contributed by atoms with Gasteiger partial charge in [0, 0.05) is 52.9 Å². The number of hydrogen-bond donors (Lipinski definition) is 1. The van der Waals surface area contributed by atoms with E-state index < -0.39 is 0 Å². The Morgan fingerprint density at radius 1 is 0.933 bits per heavy atom. The zero-order chi connectivity index (χ0) is 21.1. The van der Waals surface area contributed by atoms with Crippen LogP contribution in [0.4, 0.5) is 0 Å². The maximum absolute atomic E-state index is 12.7. The molecule has 2 fully saturated rings. The van der Waals surface area contributed by atoms with E-state index in [4.69, 9.17) is 0 Å². The molecule has 0 spiro atoms. The predicted octanol–water partition coefficient (Wildman–Crippen LogP) is 2.32. The van der Waals surface area contributed by atoms with Crippen LogP contribution < -0.4 is 5.32 Å². The molecule has 2 heterocycles. The van der Waals surface area contributed by atoms with Crippen molar-refractivity contribution in [3.63, 3.8) is 0 Å². The van der Waals surface area contributed by atoms with Crippen molar-refractivity contribution >= 4 is 35.8 Å². The summed E-state index contributed by atoms with van der Waals surface area (Å²) >= 11 is 0. The number of rotatable bonds is 10. The van der Waals surface area contributed by atoms with E-state index in [-0.39, 0.29) is 30.0 Å². The van der Waals surface area contributed by atoms with Crippen LogP contribution in [0.25, 0.3) is 0 Å². The molecule has 2 saturated heterocycles. The van der Waals surface area contributed by atoms with Crippen molar-refractivity contribution in [3.05, 3.63) is 0 Å². The Kier molecular flexibility index (Phi) is 13.9. The minimum absolute atomic E-state index is 0. The van der Waals surface area contributed by atoms with Crippen LogP contribution in [0, 0.1) is 0 Å². The number of nitrogens with zero attached hydrogens (tertiary/aromatic N) is 5. The smallest absolute Gasteiger partial charge is 0.239 e. The molecule has 1 amide bonds. The molecule has 7 nitrogen and oxygen atoms in total. The molecule has 2 rings (SSSR count). The first-order valence-corrected chi connectivity index (χ1v) is 11.7. The number of likely N-dealkylation sites (tertiary alicyclic amines) is 1. The van der Waals surface area contributed by atoms with Gasteiger partial charge in [-0.15, -0.1) is 24.0 Å². The molecule has 0 aromatic heterocycles. The minimum Gasteiger partial charge on any atom is -0.356 e. The van der Waals surface area contributed by atoms with Crippen LogP contribution in [0.5, 0.6) is 0 Å². The fourth-order valence-corrected chi connectivity index (χ4v) is 4.29. The van der Waals surface area contributed by atoms with Crippen molar-refractivity contribution in [2.24, 2.45) is 4.99 Å². The van der Waals surface area contributed by atoms with Gasteiger partial charge in [-0.25, -0.2) is 0 Å². The summed E-state index contributed by atoms with van der Waals surface area (Å²) in [5.41, 5.74) is 0. The highest BCUT2D eigenvalue weighted by Gasteiger charge is 2.30. The van der Waals surface area contributed by atoms with Crippen LogP contribution in [-0.4, -0.2) is 111 Å². The van der Waals surface area contributed by atoms with E-state index in [1.165, 1.54) is 38.6 Å². The average Bonchev–Trinajstić information content (AvgIpc) is 3.26. The highest BCUT2D eigenvalue weighted by atomic mass is 127. The summed E-state index contributed by atoms with van der Waals surface area (Å²) in [4.78, 5) is 26.1. The monoisotopic (exact) mass is 536 g/mol. The Hall–Kier alpha value is -0.610. The molecule has 2 aliphatic heterocycles. The van der Waals surface area contributed by atoms with E-state index in [9.17, 15) is 4.79 Å². The summed E-state index contributed by atoms with van der Waals surface area (Å²) in [5.74, 6) is 1.32. The Morgan fingerprint density at radius 2 is 1.53 bits per heavy atom. The topological polar surface area (TPSA) is 54.4 Å². The third kappa shape index (κ3) is 9.26. The molecule has 30 heavy (non-hydrogen) atoms. The summed E-state index contributed by atoms with van der Waals surface area (Å²) in [5, 5.41) is 3.53. The van der Waals surface area contributed by atoms with E-state index in [0.717, 1.165) is 64.6 Å². The van der Waals surface area contributed by atoms with Crippen LogP contribution in [-0.2, 0) is 4.79 Å². The van der Waals surface area contributed by atoms with Crippen molar-refractivity contribution in [2.45, 2.75) is 57.9 Å². The maximum atomic E-state index is 12.7. The second-order valence-electron chi connectivity index (χ2n) is 8.78. The standard InChI is InChI=1S/C22H44N6O.HI/c1-20(21(29)27-14-10-11-15-27)26-16-18-28(19-17-26)22(23-2)24-12-8-6-5-7-9-13-25(3)4;/h20H,5-19H2,1-4H3,(H,23,24);1H. The first-order chi connectivity index (χ1) is 14.0. The van der Waals surface area contributed by atoms with Crippen LogP contribution in [0.3, 0.4) is 0 Å². The number of nitrogens with one attached hydrogen (secondary N) is 1. The van der Waals surface area contributed by atoms with E-state index in [2.05, 4.69) is 46.0 Å². The Labute approximate surface area is 201 Å². The third-order valence-corrected chi connectivity index (χ3v) is 6.21. The first-order valence-electron chi connectivity index (χ1n) is 11.7. The highest BCUT2D eigenvalue weighted by molar-refractivity contribution is 14.0. The van der Waals surface area contributed by atoms with Gasteiger partial charge in [-0.3, -0.25) is 14.7 Å². The van der Waals surface area contributed by atoms with Gasteiger partial charge in [-0.05, 0) is 53.2 Å². The van der Waals surface area contributed by atoms with Crippen LogP contribution >= 0.6 is 24.0 Å². The lowest BCUT2D eigenvalue weighted by molar-refractivity contribution is -0.135. The largest absolute Gasteiger partial charge is 0.356 e. The van der Waals surface area contributed by atoms with E-state index in [1.807, 2.05) is 11.9 Å². The number of guanidine groups is 1. The molecule has 0 radical (unpaired) electrons. The molecule has 176 valence electrons. The van der Waals surface area contributed by atoms with Gasteiger partial charge in [0.05, 0.1) is 6.04 Å². The van der Waals surface area contributed by atoms with Gasteiger partial charge in [-0.1, -0.05) is 19.3 Å². The molecular weight excluding hydrogens is 491 g/mol. The lowest BCUT2D eigenvalue weighted by Crippen LogP contribution is -2.57. The molecular formula is C22H45IN6O. The summed E-state index contributed by atoms with van der Waals surface area (Å²) in [6, 6.07) is -0.00211. The SMILES string of the molecule is CN=C(NCCCCCCCN(C)C)N1CCN(C(C)C(=O)N2CCCC2)CC1.I. The quantitative estimate of drug-likeness (QED) is 0.201. The van der Waals surface area contributed by atoms with E-state index in [0.29, 0.717) is 5.91 Å². The third-order valence-electron chi connectivity index (χ3n) is 6.21. The van der Waals surface area contributed by atoms with E-state index in [1.54, 1.807) is 0 Å². The van der Waals surface area contributed by atoms with Crippen molar-refractivity contribution in [2.75, 3.05) is 73.5 Å². The molecule has 0 bridgehead atoms. The van der Waals surface area contributed by atoms with Crippen molar-refractivity contribution in [3.8, 4) is 0 Å². The second-order valence-corrected chi connectivity index (χ2v) is 8.78. The molecule has 2 aliphatic rings.